The van der Waals surface area contributed by atoms with E-state index in [0.717, 1.165) is 14.1 Å². The topological polar surface area (TPSA) is 99.7 Å². The van der Waals surface area contributed by atoms with E-state index < -0.39 is 114 Å². The molecule has 0 heterocycles. The van der Waals surface area contributed by atoms with Gasteiger partial charge in [0.1, 0.15) is 0 Å². The highest BCUT2D eigenvalue weighted by atomic mass is 19.4. The van der Waals surface area contributed by atoms with Gasteiger partial charge in [0.05, 0.1) is 13.2 Å². The van der Waals surface area contributed by atoms with Crippen molar-refractivity contribution in [3.63, 3.8) is 0 Å². The molecule has 0 unspecified atom stereocenters. The fourth-order valence-corrected chi connectivity index (χ4v) is 3.44. The molecule has 264 valence electrons. The predicted octanol–water partition coefficient (Wildman–Crippen LogP) is 3.01. The van der Waals surface area contributed by atoms with E-state index in [1.807, 2.05) is 0 Å². The molecule has 45 heavy (non-hydrogen) atoms. The number of alkyl halides is 12. The molecule has 0 aromatic heterocycles. The Kier molecular flexibility index (Phi) is 17.0. The Morgan fingerprint density at radius 2 is 0.711 bits per heavy atom. The van der Waals surface area contributed by atoms with Crippen molar-refractivity contribution in [2.75, 3.05) is 79.8 Å². The van der Waals surface area contributed by atoms with Crippen molar-refractivity contribution in [3.05, 3.63) is 0 Å². The van der Waals surface area contributed by atoms with Crippen LogP contribution in [0.15, 0.2) is 0 Å². The molecule has 4 amide bonds. The number of amides is 4. The Bertz CT molecular complexity index is 883. The van der Waals surface area contributed by atoms with Crippen LogP contribution in [0, 0.1) is 0 Å². The van der Waals surface area contributed by atoms with Crippen LogP contribution in [0.25, 0.3) is 0 Å². The lowest BCUT2D eigenvalue weighted by Crippen LogP contribution is -2.45. The minimum Gasteiger partial charge on any atom is -0.380 e. The van der Waals surface area contributed by atoms with Crippen LogP contribution in [0.3, 0.4) is 0 Å². The van der Waals surface area contributed by atoms with Gasteiger partial charge in [-0.1, -0.05) is 0 Å². The Labute approximate surface area is 249 Å². The molecular weight excluding hydrogens is 656 g/mol. The molecule has 0 N–H and O–H groups in total. The summed E-state index contributed by atoms with van der Waals surface area (Å²) in [4.78, 5) is 46.4. The highest BCUT2D eigenvalue weighted by Gasteiger charge is 2.44. The molecule has 10 nitrogen and oxygen atoms in total. The maximum atomic E-state index is 12.9. The summed E-state index contributed by atoms with van der Waals surface area (Å²) >= 11 is 0. The van der Waals surface area contributed by atoms with Gasteiger partial charge in [0.2, 0.25) is 0 Å². The van der Waals surface area contributed by atoms with Gasteiger partial charge in [0.15, 0.2) is 0 Å². The Morgan fingerprint density at radius 1 is 0.422 bits per heavy atom. The van der Waals surface area contributed by atoms with E-state index in [-0.39, 0.29) is 39.2 Å². The van der Waals surface area contributed by atoms with Gasteiger partial charge in [0, 0.05) is 66.6 Å². The van der Waals surface area contributed by atoms with Gasteiger partial charge in [-0.05, 0) is 19.3 Å². The molecule has 0 rings (SSSR count). The first kappa shape index (κ1) is 42.0. The molecule has 0 aliphatic heterocycles. The van der Waals surface area contributed by atoms with E-state index in [4.69, 9.17) is 9.47 Å². The Hall–Kier alpha value is -3.04. The van der Waals surface area contributed by atoms with E-state index in [2.05, 4.69) is 0 Å². The monoisotopic (exact) mass is 688 g/mol. The number of carbonyl (C=O) groups is 4. The van der Waals surface area contributed by atoms with Crippen molar-refractivity contribution in [2.24, 2.45) is 0 Å². The normalized spacial score (nSPS) is 12.6. The SMILES string of the molecule is CN(CCCN(CCOCCCOCCN(CCCN(C)C(=O)C(F)(F)F)C(=O)C(F)(F)F)C(=O)C(F)(F)F)C(=O)C(F)(F)F. The standard InChI is InChI=1S/C23H32F12N4O6/c1-36(16(40)20(24,25)26)6-3-8-38(18(42)22(30,31)32)10-14-44-12-5-13-45-15-11-39(19(43)23(33,34)35)9-4-7-37(2)17(41)21(27,28)29/h3-15H2,1-2H3. The summed E-state index contributed by atoms with van der Waals surface area (Å²) in [5, 5.41) is 0. The molecular formula is C23H32F12N4O6. The van der Waals surface area contributed by atoms with E-state index in [9.17, 15) is 71.9 Å². The lowest BCUT2D eigenvalue weighted by Gasteiger charge is -2.25. The number of halogens is 12. The third-order valence-corrected chi connectivity index (χ3v) is 5.67. The van der Waals surface area contributed by atoms with Crippen LogP contribution in [-0.4, -0.2) is 148 Å². The molecule has 0 saturated carbocycles. The van der Waals surface area contributed by atoms with Gasteiger partial charge in [0.25, 0.3) is 0 Å². The molecule has 0 aliphatic carbocycles. The molecule has 22 heteroatoms. The first-order chi connectivity index (χ1) is 20.4. The minimum absolute atomic E-state index is 0.0507. The zero-order valence-electron chi connectivity index (χ0n) is 24.0. The van der Waals surface area contributed by atoms with E-state index in [1.165, 1.54) is 0 Å². The third kappa shape index (κ3) is 16.7. The number of hydrogen-bond donors (Lipinski definition) is 0. The number of nitrogens with zero attached hydrogens (tertiary/aromatic N) is 4. The molecule has 0 aromatic carbocycles. The molecule has 0 atom stereocenters. The molecule has 0 radical (unpaired) electrons. The first-order valence-electron chi connectivity index (χ1n) is 12.9. The highest BCUT2D eigenvalue weighted by molar-refractivity contribution is 5.83. The number of ether oxygens (including phenoxy) is 2. The first-order valence-corrected chi connectivity index (χ1v) is 12.9. The van der Waals surface area contributed by atoms with E-state index >= 15 is 0 Å². The summed E-state index contributed by atoms with van der Waals surface area (Å²) in [6, 6.07) is 0. The molecule has 0 spiro atoms. The number of carbonyl (C=O) groups excluding carboxylic acids is 4. The second-order valence-corrected chi connectivity index (χ2v) is 9.31. The summed E-state index contributed by atoms with van der Waals surface area (Å²) in [5.74, 6) is -9.00. The quantitative estimate of drug-likeness (QED) is 0.162. The summed E-state index contributed by atoms with van der Waals surface area (Å²) in [7, 11) is 1.57. The van der Waals surface area contributed by atoms with Crippen molar-refractivity contribution in [1.82, 2.24) is 19.6 Å². The molecule has 0 bridgehead atoms. The zero-order chi connectivity index (χ0) is 35.2. The van der Waals surface area contributed by atoms with Gasteiger partial charge < -0.3 is 29.1 Å². The molecule has 0 saturated heterocycles. The van der Waals surface area contributed by atoms with Crippen LogP contribution in [0.1, 0.15) is 19.3 Å². The Morgan fingerprint density at radius 3 is 0.978 bits per heavy atom. The average molecular weight is 689 g/mol. The predicted molar refractivity (Wildman–Crippen MR) is 128 cm³/mol. The fourth-order valence-electron chi connectivity index (χ4n) is 3.44. The summed E-state index contributed by atoms with van der Waals surface area (Å²) in [5.41, 5.74) is 0. The second kappa shape index (κ2) is 18.2. The van der Waals surface area contributed by atoms with Crippen LogP contribution in [0.2, 0.25) is 0 Å². The largest absolute Gasteiger partial charge is 0.471 e. The number of hydrogen-bond acceptors (Lipinski definition) is 6. The summed E-state index contributed by atoms with van der Waals surface area (Å²) < 4.78 is 162. The van der Waals surface area contributed by atoms with Gasteiger partial charge in [-0.3, -0.25) is 19.2 Å². The van der Waals surface area contributed by atoms with Crippen molar-refractivity contribution < 1.29 is 81.3 Å². The van der Waals surface area contributed by atoms with Crippen LogP contribution >= 0.6 is 0 Å². The van der Waals surface area contributed by atoms with Crippen molar-refractivity contribution in [3.8, 4) is 0 Å². The van der Waals surface area contributed by atoms with Crippen LogP contribution in [0.5, 0.6) is 0 Å². The smallest absolute Gasteiger partial charge is 0.380 e. The van der Waals surface area contributed by atoms with Gasteiger partial charge >= 0.3 is 48.3 Å². The molecule has 0 aromatic rings. The summed E-state index contributed by atoms with van der Waals surface area (Å²) in [6.45, 7) is -4.95. The molecule has 0 aliphatic rings. The van der Waals surface area contributed by atoms with Crippen LogP contribution in [-0.2, 0) is 28.7 Å². The average Bonchev–Trinajstić information content (AvgIpc) is 2.90. The second-order valence-electron chi connectivity index (χ2n) is 9.31. The van der Waals surface area contributed by atoms with Crippen molar-refractivity contribution >= 4 is 23.6 Å². The highest BCUT2D eigenvalue weighted by Crippen LogP contribution is 2.21. The zero-order valence-corrected chi connectivity index (χ0v) is 24.0. The maximum absolute atomic E-state index is 12.9. The van der Waals surface area contributed by atoms with Crippen LogP contribution < -0.4 is 0 Å². The van der Waals surface area contributed by atoms with Crippen molar-refractivity contribution in [2.45, 2.75) is 44.0 Å². The maximum Gasteiger partial charge on any atom is 0.471 e. The van der Waals surface area contributed by atoms with Crippen molar-refractivity contribution in [1.29, 1.82) is 0 Å². The Balaban J connectivity index is 4.62. The lowest BCUT2D eigenvalue weighted by molar-refractivity contribution is -0.187. The minimum atomic E-state index is -5.29. The lowest BCUT2D eigenvalue weighted by atomic mass is 10.3. The summed E-state index contributed by atoms with van der Waals surface area (Å²) in [6.07, 6.45) is -21.7. The van der Waals surface area contributed by atoms with E-state index in [0.29, 0.717) is 0 Å². The fraction of sp³-hybridized carbons (Fsp3) is 0.826. The number of rotatable bonds is 18. The van der Waals surface area contributed by atoms with Gasteiger partial charge in [-0.15, -0.1) is 0 Å². The molecule has 0 fully saturated rings. The third-order valence-electron chi connectivity index (χ3n) is 5.67. The van der Waals surface area contributed by atoms with Crippen LogP contribution in [0.4, 0.5) is 52.7 Å². The van der Waals surface area contributed by atoms with E-state index in [1.54, 1.807) is 0 Å². The van der Waals surface area contributed by atoms with Gasteiger partial charge in [-0.2, -0.15) is 52.7 Å². The van der Waals surface area contributed by atoms with Gasteiger partial charge in [-0.25, -0.2) is 0 Å².